The third-order valence-electron chi connectivity index (χ3n) is 4.50. The zero-order valence-electron chi connectivity index (χ0n) is 17.6. The van der Waals surface area contributed by atoms with Gasteiger partial charge in [-0.05, 0) is 50.8 Å². The van der Waals surface area contributed by atoms with Crippen molar-refractivity contribution >= 4 is 37.3 Å². The largest absolute Gasteiger partial charge is 0.501 e. The van der Waals surface area contributed by atoms with Gasteiger partial charge in [0.25, 0.3) is 9.84 Å². The van der Waals surface area contributed by atoms with Crippen LogP contribution in [-0.4, -0.2) is 60.3 Å². The van der Waals surface area contributed by atoms with E-state index >= 15 is 0 Å². The van der Waals surface area contributed by atoms with Gasteiger partial charge in [-0.3, -0.25) is 0 Å². The summed E-state index contributed by atoms with van der Waals surface area (Å²) in [5.74, 6) is 0. The maximum Gasteiger partial charge on any atom is 0.501 e. The number of nitrogens with zero attached hydrogens (tertiary/aromatic N) is 2. The fourth-order valence-corrected chi connectivity index (χ4v) is 5.57. The molecule has 0 heterocycles. The maximum absolute atomic E-state index is 13.4. The quantitative estimate of drug-likeness (QED) is 0.408. The van der Waals surface area contributed by atoms with Gasteiger partial charge in [0.1, 0.15) is 4.90 Å². The Morgan fingerprint density at radius 3 is 2.09 bits per heavy atom. The highest BCUT2D eigenvalue weighted by atomic mass is 32.2. The Labute approximate surface area is 190 Å². The first-order valence-electron chi connectivity index (χ1n) is 9.22. The number of sulfone groups is 1. The van der Waals surface area contributed by atoms with Crippen LogP contribution in [0.15, 0.2) is 63.2 Å². The van der Waals surface area contributed by atoms with Gasteiger partial charge in [-0.25, -0.2) is 22.0 Å². The smallest absolute Gasteiger partial charge is 0.361 e. The molecule has 0 spiro atoms. The zero-order valence-corrected chi connectivity index (χ0v) is 20.0. The van der Waals surface area contributed by atoms with Crippen LogP contribution >= 0.6 is 11.8 Å². The first-order chi connectivity index (χ1) is 14.6. The number of alkyl halides is 3. The summed E-state index contributed by atoms with van der Waals surface area (Å²) >= 11 is 1.35. The molecule has 0 aliphatic carbocycles. The van der Waals surface area contributed by atoms with Gasteiger partial charge in [0.15, 0.2) is 0 Å². The van der Waals surface area contributed by atoms with Crippen LogP contribution in [0.1, 0.15) is 6.42 Å². The number of anilines is 1. The Morgan fingerprint density at radius 2 is 1.59 bits per heavy atom. The second-order valence-corrected chi connectivity index (χ2v) is 11.9. The summed E-state index contributed by atoms with van der Waals surface area (Å²) in [5.41, 5.74) is -5.90. The monoisotopic (exact) mass is 511 g/mol. The molecule has 0 saturated carbocycles. The van der Waals surface area contributed by atoms with Gasteiger partial charge in [0, 0.05) is 18.5 Å². The Balaban J connectivity index is 2.62. The summed E-state index contributed by atoms with van der Waals surface area (Å²) in [4.78, 5) is 2.25. The molecule has 0 aliphatic heterocycles. The number of thioether (sulfide) groups is 1. The van der Waals surface area contributed by atoms with Gasteiger partial charge in [-0.15, -0.1) is 11.8 Å². The average molecular weight is 512 g/mol. The van der Waals surface area contributed by atoms with E-state index in [-0.39, 0.29) is 5.69 Å². The van der Waals surface area contributed by atoms with Crippen LogP contribution < -0.4 is 10.0 Å². The molecule has 2 aromatic carbocycles. The standard InChI is InChI=1S/C19H24F3N3O4S3/c1-24(2)12-11-18(30-14-7-5-4-6-8-14)25(3)16-10-9-15(32(23,28)29)13-17(16)31(26,27)19(20,21)22/h4-10,13,18H,11-12H2,1-3H3,(H2,23,28,29)/t18-/m1/s1. The molecule has 0 fully saturated rings. The van der Waals surface area contributed by atoms with Gasteiger partial charge >= 0.3 is 5.51 Å². The highest BCUT2D eigenvalue weighted by Gasteiger charge is 2.48. The fraction of sp³-hybridized carbons (Fsp3) is 0.368. The number of hydrogen-bond donors (Lipinski definition) is 1. The molecule has 32 heavy (non-hydrogen) atoms. The topological polar surface area (TPSA) is 101 Å². The van der Waals surface area contributed by atoms with Crippen molar-refractivity contribution < 1.29 is 30.0 Å². The lowest BCUT2D eigenvalue weighted by molar-refractivity contribution is -0.0435. The van der Waals surface area contributed by atoms with E-state index in [0.29, 0.717) is 19.0 Å². The lowest BCUT2D eigenvalue weighted by Gasteiger charge is -2.32. The number of nitrogens with two attached hydrogens (primary N) is 1. The van der Waals surface area contributed by atoms with Crippen LogP contribution in [0.4, 0.5) is 18.9 Å². The van der Waals surface area contributed by atoms with E-state index in [4.69, 9.17) is 5.14 Å². The van der Waals surface area contributed by atoms with Crippen LogP contribution in [0, 0.1) is 0 Å². The third kappa shape index (κ3) is 6.38. The van der Waals surface area contributed by atoms with Crippen molar-refractivity contribution in [2.45, 2.75) is 32.0 Å². The predicted octanol–water partition coefficient (Wildman–Crippen LogP) is 3.13. The molecule has 2 aromatic rings. The number of rotatable bonds is 9. The van der Waals surface area contributed by atoms with E-state index in [1.807, 2.05) is 49.3 Å². The molecule has 2 rings (SSSR count). The molecule has 0 saturated heterocycles. The van der Waals surface area contributed by atoms with Crippen LogP contribution in [-0.2, 0) is 19.9 Å². The summed E-state index contributed by atoms with van der Waals surface area (Å²) in [6, 6.07) is 11.6. The highest BCUT2D eigenvalue weighted by molar-refractivity contribution is 8.00. The van der Waals surface area contributed by atoms with E-state index in [9.17, 15) is 30.0 Å². The Morgan fingerprint density at radius 1 is 1.00 bits per heavy atom. The molecule has 7 nitrogen and oxygen atoms in total. The molecular formula is C19H24F3N3O4S3. The molecule has 1 atom stereocenters. The van der Waals surface area contributed by atoms with E-state index in [1.165, 1.54) is 23.7 Å². The first-order valence-corrected chi connectivity index (χ1v) is 13.1. The number of sulfonamides is 1. The molecule has 0 bridgehead atoms. The van der Waals surface area contributed by atoms with Gasteiger partial charge in [-0.1, -0.05) is 18.2 Å². The fourth-order valence-electron chi connectivity index (χ4n) is 2.81. The lowest BCUT2D eigenvalue weighted by Crippen LogP contribution is -2.34. The minimum absolute atomic E-state index is 0.276. The van der Waals surface area contributed by atoms with Gasteiger partial charge in [0.2, 0.25) is 10.0 Å². The van der Waals surface area contributed by atoms with Gasteiger partial charge in [-0.2, -0.15) is 13.2 Å². The summed E-state index contributed by atoms with van der Waals surface area (Å²) in [6.45, 7) is 0.575. The molecule has 178 valence electrons. The van der Waals surface area contributed by atoms with E-state index in [0.717, 1.165) is 17.0 Å². The van der Waals surface area contributed by atoms with Crippen molar-refractivity contribution in [3.05, 3.63) is 48.5 Å². The van der Waals surface area contributed by atoms with Crippen molar-refractivity contribution in [1.29, 1.82) is 0 Å². The third-order valence-corrected chi connectivity index (χ3v) is 8.30. The summed E-state index contributed by atoms with van der Waals surface area (Å²) in [5, 5.41) is 4.56. The van der Waals surface area contributed by atoms with E-state index < -0.39 is 40.5 Å². The van der Waals surface area contributed by atoms with Crippen molar-refractivity contribution in [3.8, 4) is 0 Å². The SMILES string of the molecule is CN(C)CC[C@@H](Sc1ccccc1)N(C)c1ccc(S(N)(=O)=O)cc1S(=O)(=O)C(F)(F)F. The second kappa shape index (κ2) is 10.00. The number of halogens is 3. The maximum atomic E-state index is 13.4. The van der Waals surface area contributed by atoms with Crippen LogP contribution in [0.2, 0.25) is 0 Å². The highest BCUT2D eigenvalue weighted by Crippen LogP contribution is 2.39. The molecule has 0 aliphatic rings. The zero-order chi connectivity index (χ0) is 24.3. The average Bonchev–Trinajstić information content (AvgIpc) is 2.69. The van der Waals surface area contributed by atoms with Crippen molar-refractivity contribution in [2.75, 3.05) is 32.6 Å². The lowest BCUT2D eigenvalue weighted by atomic mass is 10.2. The van der Waals surface area contributed by atoms with Crippen LogP contribution in [0.3, 0.4) is 0 Å². The van der Waals surface area contributed by atoms with Crippen molar-refractivity contribution in [3.63, 3.8) is 0 Å². The molecule has 0 amide bonds. The molecule has 13 heteroatoms. The molecule has 0 aromatic heterocycles. The number of benzene rings is 2. The van der Waals surface area contributed by atoms with Gasteiger partial charge < -0.3 is 9.80 Å². The summed E-state index contributed by atoms with van der Waals surface area (Å²) in [7, 11) is -5.13. The predicted molar refractivity (Wildman–Crippen MR) is 119 cm³/mol. The molecule has 2 N–H and O–H groups in total. The van der Waals surface area contributed by atoms with Crippen molar-refractivity contribution in [1.82, 2.24) is 4.90 Å². The molecule has 0 unspecified atom stereocenters. The molecular weight excluding hydrogens is 487 g/mol. The second-order valence-electron chi connectivity index (χ2n) is 7.21. The summed E-state index contributed by atoms with van der Waals surface area (Å²) < 4.78 is 88.1. The Kier molecular flexibility index (Phi) is 8.26. The minimum Gasteiger partial charge on any atom is -0.361 e. The van der Waals surface area contributed by atoms with Crippen LogP contribution in [0.25, 0.3) is 0 Å². The Hall–Kier alpha value is -1.80. The van der Waals surface area contributed by atoms with E-state index in [2.05, 4.69) is 0 Å². The number of hydrogen-bond acceptors (Lipinski definition) is 7. The van der Waals surface area contributed by atoms with Gasteiger partial charge in [0.05, 0.1) is 16.0 Å². The number of primary sulfonamides is 1. The Bertz CT molecular complexity index is 1140. The van der Waals surface area contributed by atoms with E-state index in [1.54, 1.807) is 0 Å². The normalized spacial score (nSPS) is 13.9. The summed E-state index contributed by atoms with van der Waals surface area (Å²) in [6.07, 6.45) is 0.478. The van der Waals surface area contributed by atoms with Crippen LogP contribution in [0.5, 0.6) is 0 Å². The molecule has 0 radical (unpaired) electrons. The van der Waals surface area contributed by atoms with Crippen molar-refractivity contribution in [2.24, 2.45) is 5.14 Å². The first kappa shape index (κ1) is 26.5. The minimum atomic E-state index is -5.85.